The van der Waals surface area contributed by atoms with Gasteiger partial charge in [0.2, 0.25) is 0 Å². The smallest absolute Gasteiger partial charge is 0.411 e. The topological polar surface area (TPSA) is 75.1 Å². The van der Waals surface area contributed by atoms with E-state index in [1.165, 1.54) is 0 Å². The number of hydrogen-bond donors (Lipinski definition) is 3. The van der Waals surface area contributed by atoms with Crippen LogP contribution < -0.4 is 15.4 Å². The summed E-state index contributed by atoms with van der Waals surface area (Å²) < 4.78 is 46.2. The Balaban J connectivity index is 1.92. The van der Waals surface area contributed by atoms with Gasteiger partial charge in [-0.15, -0.1) is 0 Å². The molecule has 0 amide bonds. The number of aliphatic imine (C=N–C) groups is 1. The number of phenols is 1. The van der Waals surface area contributed by atoms with Gasteiger partial charge in [0.1, 0.15) is 18.1 Å². The number of alkyl halides is 3. The van der Waals surface area contributed by atoms with E-state index in [1.807, 2.05) is 6.92 Å². The lowest BCUT2D eigenvalue weighted by Crippen LogP contribution is -2.36. The van der Waals surface area contributed by atoms with Crippen molar-refractivity contribution in [1.82, 2.24) is 10.6 Å². The fourth-order valence-electron chi connectivity index (χ4n) is 2.55. The van der Waals surface area contributed by atoms with Crippen LogP contribution in [0, 0.1) is 0 Å². The number of aromatic hydroxyl groups is 1. The number of methoxy groups -OCH3 is 1. The molecule has 3 N–H and O–H groups in total. The summed E-state index contributed by atoms with van der Waals surface area (Å²) in [5.41, 5.74) is 2.23. The van der Waals surface area contributed by atoms with Gasteiger partial charge in [-0.1, -0.05) is 24.3 Å². The largest absolute Gasteiger partial charge is 0.508 e. The standard InChI is InChI=1S/C21H26F3N3O3/c1-3-25-20(27-12-17-10-18(29-2)8-9-19(17)28)26-11-15-4-6-16(7-5-15)13-30-14-21(22,23)24/h4-10,28H,3,11-14H2,1-2H3,(H2,25,26,27). The molecule has 0 aromatic heterocycles. The summed E-state index contributed by atoms with van der Waals surface area (Å²) in [5.74, 6) is 1.37. The van der Waals surface area contributed by atoms with Crippen molar-refractivity contribution in [2.75, 3.05) is 20.3 Å². The number of phenolic OH excluding ortho intramolecular Hbond substituents is 1. The fourth-order valence-corrected chi connectivity index (χ4v) is 2.55. The van der Waals surface area contributed by atoms with Crippen molar-refractivity contribution in [2.24, 2.45) is 4.99 Å². The van der Waals surface area contributed by atoms with E-state index in [-0.39, 0.29) is 12.4 Å². The second-order valence-corrected chi connectivity index (χ2v) is 6.47. The van der Waals surface area contributed by atoms with E-state index in [0.717, 1.165) is 5.56 Å². The highest BCUT2D eigenvalue weighted by Gasteiger charge is 2.27. The Labute approximate surface area is 173 Å². The van der Waals surface area contributed by atoms with Crippen LogP contribution in [0.15, 0.2) is 47.5 Å². The summed E-state index contributed by atoms with van der Waals surface area (Å²) in [4.78, 5) is 4.50. The molecule has 0 fully saturated rings. The molecule has 0 saturated carbocycles. The van der Waals surface area contributed by atoms with Gasteiger partial charge in [0.05, 0.1) is 20.3 Å². The van der Waals surface area contributed by atoms with Crippen LogP contribution in [0.4, 0.5) is 13.2 Å². The van der Waals surface area contributed by atoms with Crippen molar-refractivity contribution in [3.05, 3.63) is 59.2 Å². The molecule has 0 bridgehead atoms. The highest BCUT2D eigenvalue weighted by Crippen LogP contribution is 2.22. The lowest BCUT2D eigenvalue weighted by molar-refractivity contribution is -0.176. The van der Waals surface area contributed by atoms with E-state index in [0.29, 0.717) is 42.5 Å². The predicted molar refractivity (Wildman–Crippen MR) is 108 cm³/mol. The van der Waals surface area contributed by atoms with Gasteiger partial charge in [-0.05, 0) is 36.2 Å². The molecule has 0 aliphatic heterocycles. The van der Waals surface area contributed by atoms with Crippen LogP contribution in [-0.2, 0) is 24.4 Å². The minimum absolute atomic E-state index is 0.0999. The third-order valence-corrected chi connectivity index (χ3v) is 4.05. The van der Waals surface area contributed by atoms with Gasteiger partial charge < -0.3 is 25.2 Å². The highest BCUT2D eigenvalue weighted by atomic mass is 19.4. The number of rotatable bonds is 9. The number of halogens is 3. The normalized spacial score (nSPS) is 12.0. The molecule has 0 unspecified atom stereocenters. The van der Waals surface area contributed by atoms with E-state index in [1.54, 1.807) is 49.6 Å². The number of nitrogens with zero attached hydrogens (tertiary/aromatic N) is 1. The first-order chi connectivity index (χ1) is 14.3. The quantitative estimate of drug-likeness (QED) is 0.422. The number of nitrogens with one attached hydrogen (secondary N) is 2. The molecular weight excluding hydrogens is 399 g/mol. The van der Waals surface area contributed by atoms with E-state index in [2.05, 4.69) is 20.4 Å². The van der Waals surface area contributed by atoms with Gasteiger partial charge in [0, 0.05) is 18.7 Å². The third kappa shape index (κ3) is 8.20. The molecule has 9 heteroatoms. The van der Waals surface area contributed by atoms with E-state index < -0.39 is 12.8 Å². The summed E-state index contributed by atoms with van der Waals surface area (Å²) in [6.07, 6.45) is -4.33. The third-order valence-electron chi connectivity index (χ3n) is 4.05. The van der Waals surface area contributed by atoms with Crippen molar-refractivity contribution in [3.8, 4) is 11.5 Å². The number of hydrogen-bond acceptors (Lipinski definition) is 4. The summed E-state index contributed by atoms with van der Waals surface area (Å²) in [6, 6.07) is 12.0. The van der Waals surface area contributed by atoms with Gasteiger partial charge in [-0.3, -0.25) is 0 Å². The molecule has 0 heterocycles. The van der Waals surface area contributed by atoms with Crippen molar-refractivity contribution in [1.29, 1.82) is 0 Å². The minimum Gasteiger partial charge on any atom is -0.508 e. The van der Waals surface area contributed by atoms with E-state index >= 15 is 0 Å². The number of benzene rings is 2. The molecule has 6 nitrogen and oxygen atoms in total. The van der Waals surface area contributed by atoms with Crippen molar-refractivity contribution in [2.45, 2.75) is 32.8 Å². The van der Waals surface area contributed by atoms with Crippen LogP contribution >= 0.6 is 0 Å². The molecule has 164 valence electrons. The molecule has 2 rings (SSSR count). The van der Waals surface area contributed by atoms with Gasteiger partial charge in [-0.2, -0.15) is 13.2 Å². The zero-order chi connectivity index (χ0) is 22.0. The monoisotopic (exact) mass is 425 g/mol. The first kappa shape index (κ1) is 23.3. The maximum absolute atomic E-state index is 12.1. The average molecular weight is 425 g/mol. The van der Waals surface area contributed by atoms with Crippen LogP contribution in [0.5, 0.6) is 11.5 Å². The van der Waals surface area contributed by atoms with Crippen LogP contribution in [0.2, 0.25) is 0 Å². The first-order valence-electron chi connectivity index (χ1n) is 9.41. The Hall–Kier alpha value is -2.94. The maximum Gasteiger partial charge on any atom is 0.411 e. The minimum atomic E-state index is -4.33. The fraction of sp³-hybridized carbons (Fsp3) is 0.381. The second-order valence-electron chi connectivity index (χ2n) is 6.47. The van der Waals surface area contributed by atoms with Gasteiger partial charge in [0.25, 0.3) is 0 Å². The Morgan fingerprint density at radius 1 is 1.07 bits per heavy atom. The summed E-state index contributed by atoms with van der Waals surface area (Å²) in [7, 11) is 1.56. The zero-order valence-electron chi connectivity index (χ0n) is 16.9. The summed E-state index contributed by atoms with van der Waals surface area (Å²) in [6.45, 7) is 1.96. The molecule has 0 aliphatic rings. The maximum atomic E-state index is 12.1. The average Bonchev–Trinajstić information content (AvgIpc) is 2.71. The van der Waals surface area contributed by atoms with Crippen LogP contribution in [-0.4, -0.2) is 37.5 Å². The van der Waals surface area contributed by atoms with Gasteiger partial charge >= 0.3 is 6.18 Å². The Morgan fingerprint density at radius 2 is 1.77 bits per heavy atom. The lowest BCUT2D eigenvalue weighted by Gasteiger charge is -2.13. The van der Waals surface area contributed by atoms with Gasteiger partial charge in [0.15, 0.2) is 5.96 Å². The molecule has 30 heavy (non-hydrogen) atoms. The zero-order valence-corrected chi connectivity index (χ0v) is 16.9. The van der Waals surface area contributed by atoms with Crippen molar-refractivity contribution < 1.29 is 27.8 Å². The number of ether oxygens (including phenoxy) is 2. The molecule has 2 aromatic carbocycles. The first-order valence-corrected chi connectivity index (χ1v) is 9.41. The summed E-state index contributed by atoms with van der Waals surface area (Å²) in [5, 5.41) is 16.3. The van der Waals surface area contributed by atoms with Crippen molar-refractivity contribution in [3.63, 3.8) is 0 Å². The molecule has 0 radical (unpaired) electrons. The van der Waals surface area contributed by atoms with Crippen LogP contribution in [0.1, 0.15) is 23.6 Å². The molecule has 0 atom stereocenters. The molecule has 0 saturated heterocycles. The van der Waals surface area contributed by atoms with Crippen LogP contribution in [0.25, 0.3) is 0 Å². The lowest BCUT2D eigenvalue weighted by atomic mass is 10.1. The second kappa shape index (κ2) is 11.3. The molecule has 2 aromatic rings. The molecular formula is C21H26F3N3O3. The van der Waals surface area contributed by atoms with E-state index in [4.69, 9.17) is 4.74 Å². The highest BCUT2D eigenvalue weighted by molar-refractivity contribution is 5.79. The van der Waals surface area contributed by atoms with Crippen LogP contribution in [0.3, 0.4) is 0 Å². The Kier molecular flexibility index (Phi) is 8.79. The van der Waals surface area contributed by atoms with E-state index in [9.17, 15) is 18.3 Å². The Morgan fingerprint density at radius 3 is 2.40 bits per heavy atom. The van der Waals surface area contributed by atoms with Crippen molar-refractivity contribution >= 4 is 5.96 Å². The molecule has 0 aliphatic carbocycles. The SMILES string of the molecule is CCNC(=NCc1ccc(COCC(F)(F)F)cc1)NCc1cc(OC)ccc1O. The molecule has 0 spiro atoms. The predicted octanol–water partition coefficient (Wildman–Crippen LogP) is 3.74. The summed E-state index contributed by atoms with van der Waals surface area (Å²) >= 11 is 0. The van der Waals surface area contributed by atoms with Gasteiger partial charge in [-0.25, -0.2) is 4.99 Å². The number of guanidine groups is 1. The Bertz CT molecular complexity index is 824.